The number of benzene rings is 2. The van der Waals surface area contributed by atoms with Crippen molar-refractivity contribution in [2.75, 3.05) is 16.8 Å². The largest absolute Gasteiger partial charge is 0.438 e. The van der Waals surface area contributed by atoms with Crippen molar-refractivity contribution in [3.63, 3.8) is 0 Å². The molecular formula is C28H29N5OS. The van der Waals surface area contributed by atoms with Crippen LogP contribution < -0.4 is 15.8 Å². The van der Waals surface area contributed by atoms with Gasteiger partial charge in [-0.2, -0.15) is 23.2 Å². The summed E-state index contributed by atoms with van der Waals surface area (Å²) in [6.07, 6.45) is 7.98. The van der Waals surface area contributed by atoms with Crippen LogP contribution in [0.3, 0.4) is 0 Å². The first-order valence-corrected chi connectivity index (χ1v) is 12.2. The third-order valence-corrected chi connectivity index (χ3v) is 5.89. The van der Waals surface area contributed by atoms with Gasteiger partial charge in [-0.25, -0.2) is 4.98 Å². The van der Waals surface area contributed by atoms with Crippen molar-refractivity contribution in [3.05, 3.63) is 77.5 Å². The third kappa shape index (κ3) is 7.27. The quantitative estimate of drug-likeness (QED) is 0.150. The van der Waals surface area contributed by atoms with E-state index < -0.39 is 0 Å². The molecule has 1 fully saturated rings. The predicted molar refractivity (Wildman–Crippen MR) is 145 cm³/mol. The summed E-state index contributed by atoms with van der Waals surface area (Å²) in [5, 5.41) is 22.7. The van der Waals surface area contributed by atoms with Crippen LogP contribution >= 0.6 is 12.6 Å². The zero-order chi connectivity index (χ0) is 25.0. The lowest BCUT2D eigenvalue weighted by molar-refractivity contribution is 0.444. The van der Waals surface area contributed by atoms with E-state index in [1.165, 1.54) is 12.8 Å². The molecule has 35 heavy (non-hydrogen) atoms. The van der Waals surface area contributed by atoms with E-state index in [0.717, 1.165) is 35.4 Å². The molecule has 3 N–H and O–H groups in total. The van der Waals surface area contributed by atoms with Crippen LogP contribution in [0.25, 0.3) is 11.6 Å². The van der Waals surface area contributed by atoms with E-state index in [4.69, 9.17) is 10.5 Å². The molecule has 0 atom stereocenters. The van der Waals surface area contributed by atoms with Gasteiger partial charge in [0, 0.05) is 35.2 Å². The van der Waals surface area contributed by atoms with Gasteiger partial charge in [-0.1, -0.05) is 19.1 Å². The van der Waals surface area contributed by atoms with Crippen molar-refractivity contribution >= 4 is 35.7 Å². The van der Waals surface area contributed by atoms with E-state index in [9.17, 15) is 10.5 Å². The van der Waals surface area contributed by atoms with Crippen molar-refractivity contribution in [3.8, 4) is 23.8 Å². The number of allylic oxidation sites excluding steroid dienone is 1. The zero-order valence-electron chi connectivity index (χ0n) is 19.7. The summed E-state index contributed by atoms with van der Waals surface area (Å²) in [5.74, 6) is 1.82. The molecule has 0 radical (unpaired) electrons. The minimum atomic E-state index is 0.255. The molecule has 1 aromatic heterocycles. The number of nitrogens with one attached hydrogen (secondary N) is 1. The summed E-state index contributed by atoms with van der Waals surface area (Å²) in [5.41, 5.74) is 9.85. The molecule has 0 aliphatic heterocycles. The molecule has 0 saturated heterocycles. The van der Waals surface area contributed by atoms with Crippen LogP contribution in [0.2, 0.25) is 0 Å². The predicted octanol–water partition coefficient (Wildman–Crippen LogP) is 6.68. The topological polar surface area (TPSA) is 108 Å². The average molecular weight is 484 g/mol. The number of pyridine rings is 1. The van der Waals surface area contributed by atoms with Crippen LogP contribution in [0.1, 0.15) is 49.3 Å². The van der Waals surface area contributed by atoms with Gasteiger partial charge in [-0.3, -0.25) is 0 Å². The molecule has 178 valence electrons. The molecule has 3 aromatic rings. The van der Waals surface area contributed by atoms with Crippen molar-refractivity contribution in [1.82, 2.24) is 4.98 Å². The number of nitrogen functional groups attached to an aromatic ring is 1. The number of aromatic nitrogens is 1. The smallest absolute Gasteiger partial charge is 0.237 e. The highest BCUT2D eigenvalue weighted by Crippen LogP contribution is 2.34. The van der Waals surface area contributed by atoms with Crippen molar-refractivity contribution in [2.24, 2.45) is 0 Å². The number of nitrogens with zero attached hydrogens (tertiary/aromatic N) is 3. The first-order valence-electron chi connectivity index (χ1n) is 11.6. The second kappa shape index (κ2) is 13.1. The van der Waals surface area contributed by atoms with E-state index in [-0.39, 0.29) is 5.88 Å². The van der Waals surface area contributed by atoms with Gasteiger partial charge in [0.2, 0.25) is 5.88 Å². The van der Waals surface area contributed by atoms with Crippen molar-refractivity contribution < 1.29 is 4.74 Å². The Bertz CT molecular complexity index is 1240. The number of rotatable bonds is 7. The highest BCUT2D eigenvalue weighted by Gasteiger charge is 2.20. The standard InChI is InChI=1S/C25H21N5O.C3H8S/c26-15-18-3-2-12-29-25(18)31-22-10-11-23(24(14-22)30-21-4-1-5-21)19(16-27)13-17-6-8-20(28)9-7-17;1-2-3-4/h2-3,6-14,21,30H,1,4-5,28H2;4H,2-3H2,1H3/b19-13+;. The number of nitriles is 2. The monoisotopic (exact) mass is 483 g/mol. The second-order valence-electron chi connectivity index (χ2n) is 8.11. The lowest BCUT2D eigenvalue weighted by Gasteiger charge is -2.28. The normalized spacial score (nSPS) is 12.9. The molecule has 1 aliphatic rings. The fourth-order valence-electron chi connectivity index (χ4n) is 3.31. The first kappa shape index (κ1) is 25.7. The molecule has 1 heterocycles. The van der Waals surface area contributed by atoms with Crippen LogP contribution in [-0.2, 0) is 0 Å². The Labute approximate surface area is 212 Å². The van der Waals surface area contributed by atoms with E-state index in [1.807, 2.05) is 42.5 Å². The van der Waals surface area contributed by atoms with Crippen LogP contribution in [0.4, 0.5) is 11.4 Å². The van der Waals surface area contributed by atoms with Crippen LogP contribution in [-0.4, -0.2) is 16.8 Å². The lowest BCUT2D eigenvalue weighted by Crippen LogP contribution is -2.27. The van der Waals surface area contributed by atoms with Gasteiger partial charge >= 0.3 is 0 Å². The van der Waals surface area contributed by atoms with Crippen LogP contribution in [0.15, 0.2) is 60.8 Å². The van der Waals surface area contributed by atoms with E-state index >= 15 is 0 Å². The molecule has 2 aromatic carbocycles. The van der Waals surface area contributed by atoms with E-state index in [0.29, 0.717) is 28.6 Å². The molecule has 1 aliphatic carbocycles. The lowest BCUT2D eigenvalue weighted by atomic mass is 9.92. The Kier molecular flexibility index (Phi) is 9.59. The molecule has 4 rings (SSSR count). The van der Waals surface area contributed by atoms with E-state index in [1.54, 1.807) is 24.4 Å². The summed E-state index contributed by atoms with van der Waals surface area (Å²) < 4.78 is 5.88. The van der Waals surface area contributed by atoms with Gasteiger partial charge in [0.25, 0.3) is 0 Å². The zero-order valence-corrected chi connectivity index (χ0v) is 20.6. The van der Waals surface area contributed by atoms with Gasteiger partial charge in [-0.05, 0) is 79.5 Å². The SMILES string of the molecule is CCCS.N#C/C(=C\c1ccc(N)cc1)c1ccc(Oc2ncccc2C#N)cc1NC1CCC1. The number of ether oxygens (including phenoxy) is 1. The molecule has 7 heteroatoms. The van der Waals surface area contributed by atoms with Gasteiger partial charge < -0.3 is 15.8 Å². The number of hydrogen-bond donors (Lipinski definition) is 3. The maximum absolute atomic E-state index is 9.85. The summed E-state index contributed by atoms with van der Waals surface area (Å²) in [6, 6.07) is 21.0. The summed E-state index contributed by atoms with van der Waals surface area (Å²) in [4.78, 5) is 4.16. The fraction of sp³-hybridized carbons (Fsp3) is 0.250. The summed E-state index contributed by atoms with van der Waals surface area (Å²) >= 11 is 3.92. The molecule has 0 bridgehead atoms. The number of anilines is 2. The Hall–Kier alpha value is -3.94. The maximum atomic E-state index is 9.85. The summed E-state index contributed by atoms with van der Waals surface area (Å²) in [6.45, 7) is 2.10. The average Bonchev–Trinajstić information content (AvgIpc) is 2.87. The molecule has 0 spiro atoms. The van der Waals surface area contributed by atoms with Gasteiger partial charge in [-0.15, -0.1) is 0 Å². The highest BCUT2D eigenvalue weighted by molar-refractivity contribution is 7.80. The van der Waals surface area contributed by atoms with Gasteiger partial charge in [0.15, 0.2) is 0 Å². The molecule has 6 nitrogen and oxygen atoms in total. The first-order chi connectivity index (χ1) is 17.1. The molecule has 0 unspecified atom stereocenters. The minimum Gasteiger partial charge on any atom is -0.438 e. The molecule has 1 saturated carbocycles. The van der Waals surface area contributed by atoms with Crippen LogP contribution in [0.5, 0.6) is 11.6 Å². The number of thiol groups is 1. The Morgan fingerprint density at radius 2 is 1.94 bits per heavy atom. The van der Waals surface area contributed by atoms with Crippen molar-refractivity contribution in [1.29, 1.82) is 10.5 Å². The fourth-order valence-corrected chi connectivity index (χ4v) is 3.31. The molecular weight excluding hydrogens is 454 g/mol. The Balaban J connectivity index is 0.000000795. The van der Waals surface area contributed by atoms with Gasteiger partial charge in [0.05, 0.1) is 11.6 Å². The van der Waals surface area contributed by atoms with Crippen LogP contribution in [0, 0.1) is 22.7 Å². The molecule has 0 amide bonds. The maximum Gasteiger partial charge on any atom is 0.237 e. The third-order valence-electron chi connectivity index (χ3n) is 5.44. The number of nitrogens with two attached hydrogens (primary N) is 1. The number of hydrogen-bond acceptors (Lipinski definition) is 7. The second-order valence-corrected chi connectivity index (χ2v) is 8.56. The highest BCUT2D eigenvalue weighted by atomic mass is 32.1. The minimum absolute atomic E-state index is 0.255. The Morgan fingerprint density at radius 1 is 1.20 bits per heavy atom. The summed E-state index contributed by atoms with van der Waals surface area (Å²) in [7, 11) is 0. The van der Waals surface area contributed by atoms with E-state index in [2.05, 4.69) is 42.0 Å². The Morgan fingerprint density at radius 3 is 2.54 bits per heavy atom. The van der Waals surface area contributed by atoms with Crippen molar-refractivity contribution in [2.45, 2.75) is 38.6 Å². The van der Waals surface area contributed by atoms with Gasteiger partial charge in [0.1, 0.15) is 17.4 Å².